The molecule has 0 aromatic heterocycles. The van der Waals surface area contributed by atoms with Crippen molar-refractivity contribution in [2.75, 3.05) is 0 Å². The molecule has 1 aliphatic rings. The van der Waals surface area contributed by atoms with E-state index in [-0.39, 0.29) is 11.9 Å². The smallest absolute Gasteiger partial charge is 0.237 e. The van der Waals surface area contributed by atoms with Crippen molar-refractivity contribution in [3.63, 3.8) is 0 Å². The number of aliphatic hydroxyl groups is 1. The lowest BCUT2D eigenvalue weighted by Gasteiger charge is -2.29. The largest absolute Gasteiger partial charge is 0.391 e. The van der Waals surface area contributed by atoms with Gasteiger partial charge >= 0.3 is 0 Å². The van der Waals surface area contributed by atoms with Crippen molar-refractivity contribution in [1.82, 2.24) is 5.32 Å². The zero-order valence-corrected chi connectivity index (χ0v) is 9.41. The number of aliphatic hydroxyl groups excluding tert-OH is 1. The monoisotopic (exact) mass is 214 g/mol. The fraction of sp³-hybridized carbons (Fsp3) is 0.909. The van der Waals surface area contributed by atoms with Crippen LogP contribution in [0.4, 0.5) is 0 Å². The van der Waals surface area contributed by atoms with Crippen molar-refractivity contribution in [1.29, 1.82) is 0 Å². The van der Waals surface area contributed by atoms with Crippen LogP contribution in [-0.2, 0) is 4.79 Å². The van der Waals surface area contributed by atoms with Gasteiger partial charge in [0.1, 0.15) is 0 Å². The molecule has 0 heterocycles. The number of carbonyl (C=O) groups excluding carboxylic acids is 1. The lowest BCUT2D eigenvalue weighted by Crippen LogP contribution is -2.50. The van der Waals surface area contributed by atoms with E-state index in [0.29, 0.717) is 6.42 Å². The maximum absolute atomic E-state index is 11.6. The average Bonchev–Trinajstić information content (AvgIpc) is 2.21. The van der Waals surface area contributed by atoms with E-state index >= 15 is 0 Å². The first-order valence-electron chi connectivity index (χ1n) is 5.89. The predicted octanol–water partition coefficient (Wildman–Crippen LogP) is 0.533. The molecule has 1 fully saturated rings. The molecule has 0 aromatic carbocycles. The Kier molecular flexibility index (Phi) is 5.05. The first-order valence-corrected chi connectivity index (χ1v) is 5.89. The number of hydrogen-bond donors (Lipinski definition) is 3. The maximum atomic E-state index is 11.6. The summed E-state index contributed by atoms with van der Waals surface area (Å²) in [6.07, 6.45) is 4.99. The Morgan fingerprint density at radius 3 is 2.80 bits per heavy atom. The molecule has 3 atom stereocenters. The molecule has 4 N–H and O–H groups in total. The summed E-state index contributed by atoms with van der Waals surface area (Å²) in [4.78, 5) is 11.6. The molecule has 0 radical (unpaired) electrons. The third-order valence-corrected chi connectivity index (χ3v) is 2.99. The average molecular weight is 214 g/mol. The summed E-state index contributed by atoms with van der Waals surface area (Å²) in [5.41, 5.74) is 5.70. The van der Waals surface area contributed by atoms with Crippen LogP contribution in [0, 0.1) is 0 Å². The van der Waals surface area contributed by atoms with Crippen LogP contribution in [0.5, 0.6) is 0 Å². The van der Waals surface area contributed by atoms with Crippen LogP contribution in [0.15, 0.2) is 0 Å². The van der Waals surface area contributed by atoms with Gasteiger partial charge < -0.3 is 16.2 Å². The minimum absolute atomic E-state index is 0.0887. The molecule has 1 rings (SSSR count). The second kappa shape index (κ2) is 6.08. The fourth-order valence-electron chi connectivity index (χ4n) is 2.01. The van der Waals surface area contributed by atoms with E-state index in [4.69, 9.17) is 5.73 Å². The van der Waals surface area contributed by atoms with Crippen LogP contribution in [0.2, 0.25) is 0 Å². The van der Waals surface area contributed by atoms with Gasteiger partial charge in [0.2, 0.25) is 5.91 Å². The number of rotatable bonds is 4. The Bertz CT molecular complexity index is 209. The standard InChI is InChI=1S/C11H22N2O2/c1-2-5-8(12)11(15)13-9-6-3-4-7-10(9)14/h8-10,14H,2-7,12H2,1H3,(H,13,15)/t8-,9+,10+/m0/s1. The molecule has 1 aliphatic carbocycles. The number of amides is 1. The van der Waals surface area contributed by atoms with Gasteiger partial charge in [-0.1, -0.05) is 26.2 Å². The van der Waals surface area contributed by atoms with Crippen LogP contribution >= 0.6 is 0 Å². The molecule has 15 heavy (non-hydrogen) atoms. The summed E-state index contributed by atoms with van der Waals surface area (Å²) < 4.78 is 0. The molecule has 0 aliphatic heterocycles. The highest BCUT2D eigenvalue weighted by atomic mass is 16.3. The fourth-order valence-corrected chi connectivity index (χ4v) is 2.01. The van der Waals surface area contributed by atoms with Crippen molar-refractivity contribution in [2.24, 2.45) is 5.73 Å². The van der Waals surface area contributed by atoms with Crippen molar-refractivity contribution in [3.8, 4) is 0 Å². The van der Waals surface area contributed by atoms with E-state index < -0.39 is 12.1 Å². The molecular weight excluding hydrogens is 192 g/mol. The molecular formula is C11H22N2O2. The Hall–Kier alpha value is -0.610. The van der Waals surface area contributed by atoms with Crippen molar-refractivity contribution in [3.05, 3.63) is 0 Å². The summed E-state index contributed by atoms with van der Waals surface area (Å²) in [6, 6.07) is -0.515. The molecule has 4 nitrogen and oxygen atoms in total. The summed E-state index contributed by atoms with van der Waals surface area (Å²) in [6.45, 7) is 2.00. The number of hydrogen-bond acceptors (Lipinski definition) is 3. The first-order chi connectivity index (χ1) is 7.15. The van der Waals surface area contributed by atoms with Crippen LogP contribution in [-0.4, -0.2) is 29.2 Å². The second-order valence-electron chi connectivity index (χ2n) is 4.36. The molecule has 88 valence electrons. The van der Waals surface area contributed by atoms with Crippen LogP contribution in [0.1, 0.15) is 45.4 Å². The van der Waals surface area contributed by atoms with Gasteiger partial charge in [-0.05, 0) is 19.3 Å². The van der Waals surface area contributed by atoms with E-state index in [2.05, 4.69) is 5.32 Å². The maximum Gasteiger partial charge on any atom is 0.237 e. The molecule has 0 saturated heterocycles. The summed E-state index contributed by atoms with van der Waals surface area (Å²) in [7, 11) is 0. The van der Waals surface area contributed by atoms with Gasteiger partial charge in [-0.3, -0.25) is 4.79 Å². The van der Waals surface area contributed by atoms with Crippen molar-refractivity contribution >= 4 is 5.91 Å². The zero-order chi connectivity index (χ0) is 11.3. The van der Waals surface area contributed by atoms with E-state index in [0.717, 1.165) is 32.1 Å². The molecule has 1 amide bonds. The van der Waals surface area contributed by atoms with Gasteiger partial charge in [-0.2, -0.15) is 0 Å². The highest BCUT2D eigenvalue weighted by molar-refractivity contribution is 5.81. The van der Waals surface area contributed by atoms with Gasteiger partial charge in [0.15, 0.2) is 0 Å². The number of nitrogens with two attached hydrogens (primary N) is 1. The lowest BCUT2D eigenvalue weighted by molar-refractivity contribution is -0.124. The molecule has 0 bridgehead atoms. The lowest BCUT2D eigenvalue weighted by atomic mass is 9.92. The molecule has 0 unspecified atom stereocenters. The Labute approximate surface area is 91.2 Å². The third-order valence-electron chi connectivity index (χ3n) is 2.99. The normalized spacial score (nSPS) is 28.5. The topological polar surface area (TPSA) is 75.4 Å². The summed E-state index contributed by atoms with van der Waals surface area (Å²) in [5, 5.41) is 12.5. The summed E-state index contributed by atoms with van der Waals surface area (Å²) >= 11 is 0. The Balaban J connectivity index is 2.35. The summed E-state index contributed by atoms with van der Waals surface area (Å²) in [5.74, 6) is -0.122. The van der Waals surface area contributed by atoms with Gasteiger partial charge in [0.05, 0.1) is 18.2 Å². The van der Waals surface area contributed by atoms with Crippen LogP contribution in [0.3, 0.4) is 0 Å². The highest BCUT2D eigenvalue weighted by Crippen LogP contribution is 2.18. The highest BCUT2D eigenvalue weighted by Gasteiger charge is 2.25. The molecule has 0 aromatic rings. The van der Waals surface area contributed by atoms with Gasteiger partial charge in [0, 0.05) is 0 Å². The molecule has 0 spiro atoms. The first kappa shape index (κ1) is 12.5. The third kappa shape index (κ3) is 3.80. The number of carbonyl (C=O) groups is 1. The SMILES string of the molecule is CCC[C@H](N)C(=O)N[C@@H]1CCCC[C@H]1O. The molecule has 1 saturated carbocycles. The molecule has 4 heteroatoms. The number of nitrogens with one attached hydrogen (secondary N) is 1. The Morgan fingerprint density at radius 2 is 2.20 bits per heavy atom. The van der Waals surface area contributed by atoms with Gasteiger partial charge in [-0.15, -0.1) is 0 Å². The van der Waals surface area contributed by atoms with Gasteiger partial charge in [-0.25, -0.2) is 0 Å². The minimum atomic E-state index is -0.427. The van der Waals surface area contributed by atoms with E-state index in [1.165, 1.54) is 0 Å². The predicted molar refractivity (Wildman–Crippen MR) is 59.3 cm³/mol. The second-order valence-corrected chi connectivity index (χ2v) is 4.36. The van der Waals surface area contributed by atoms with E-state index in [9.17, 15) is 9.90 Å². The van der Waals surface area contributed by atoms with Crippen LogP contribution in [0.25, 0.3) is 0 Å². The van der Waals surface area contributed by atoms with Crippen LogP contribution < -0.4 is 11.1 Å². The quantitative estimate of drug-likeness (QED) is 0.639. The van der Waals surface area contributed by atoms with E-state index in [1.807, 2.05) is 6.92 Å². The van der Waals surface area contributed by atoms with Crippen molar-refractivity contribution in [2.45, 2.75) is 63.6 Å². The Morgan fingerprint density at radius 1 is 1.53 bits per heavy atom. The van der Waals surface area contributed by atoms with Gasteiger partial charge in [0.25, 0.3) is 0 Å². The zero-order valence-electron chi connectivity index (χ0n) is 9.41. The minimum Gasteiger partial charge on any atom is -0.391 e. The van der Waals surface area contributed by atoms with E-state index in [1.54, 1.807) is 0 Å². The van der Waals surface area contributed by atoms with Crippen molar-refractivity contribution < 1.29 is 9.90 Å².